The molecule has 1 aliphatic carbocycles. The van der Waals surface area contributed by atoms with Crippen LogP contribution in [0.15, 0.2) is 18.2 Å². The van der Waals surface area contributed by atoms with E-state index in [4.69, 9.17) is 16.3 Å². The first-order chi connectivity index (χ1) is 7.77. The highest BCUT2D eigenvalue weighted by Crippen LogP contribution is 2.52. The predicted octanol–water partition coefficient (Wildman–Crippen LogP) is 3.06. The lowest BCUT2D eigenvalue weighted by molar-refractivity contribution is 0.409. The zero-order chi connectivity index (χ0) is 11.5. The summed E-state index contributed by atoms with van der Waals surface area (Å²) < 4.78 is 5.38. The van der Waals surface area contributed by atoms with Crippen molar-refractivity contribution in [2.75, 3.05) is 20.2 Å². The SMILES string of the molecule is CCNCC1CC1c1c(Cl)cccc1OC. The van der Waals surface area contributed by atoms with Gasteiger partial charge >= 0.3 is 0 Å². The Morgan fingerprint density at radius 2 is 2.31 bits per heavy atom. The number of hydrogen-bond donors (Lipinski definition) is 1. The first-order valence-corrected chi connectivity index (χ1v) is 6.18. The highest BCUT2D eigenvalue weighted by molar-refractivity contribution is 6.31. The number of halogens is 1. The van der Waals surface area contributed by atoms with Crippen molar-refractivity contribution >= 4 is 11.6 Å². The standard InChI is InChI=1S/C13H18ClNO/c1-3-15-8-9-7-10(9)13-11(14)5-4-6-12(13)16-2/h4-6,9-10,15H,3,7-8H2,1-2H3. The average molecular weight is 240 g/mol. The Morgan fingerprint density at radius 3 is 3.00 bits per heavy atom. The minimum absolute atomic E-state index is 0.572. The van der Waals surface area contributed by atoms with Gasteiger partial charge in [-0.2, -0.15) is 0 Å². The second-order valence-electron chi connectivity index (χ2n) is 4.27. The molecule has 3 heteroatoms. The van der Waals surface area contributed by atoms with Crippen LogP contribution in [0, 0.1) is 5.92 Å². The summed E-state index contributed by atoms with van der Waals surface area (Å²) in [5.41, 5.74) is 1.19. The van der Waals surface area contributed by atoms with Crippen LogP contribution in [0.25, 0.3) is 0 Å². The lowest BCUT2D eigenvalue weighted by atomic mass is 10.1. The van der Waals surface area contributed by atoms with E-state index in [0.717, 1.165) is 23.9 Å². The molecule has 0 saturated heterocycles. The monoisotopic (exact) mass is 239 g/mol. The minimum Gasteiger partial charge on any atom is -0.496 e. The van der Waals surface area contributed by atoms with Crippen molar-refractivity contribution in [2.45, 2.75) is 19.3 Å². The molecule has 1 aromatic carbocycles. The largest absolute Gasteiger partial charge is 0.496 e. The van der Waals surface area contributed by atoms with E-state index in [1.807, 2.05) is 18.2 Å². The molecule has 88 valence electrons. The summed E-state index contributed by atoms with van der Waals surface area (Å²) in [4.78, 5) is 0. The fraction of sp³-hybridized carbons (Fsp3) is 0.538. The van der Waals surface area contributed by atoms with E-state index in [1.165, 1.54) is 12.0 Å². The summed E-state index contributed by atoms with van der Waals surface area (Å²) in [6.07, 6.45) is 1.22. The maximum Gasteiger partial charge on any atom is 0.123 e. The zero-order valence-electron chi connectivity index (χ0n) is 9.79. The molecule has 1 aromatic rings. The molecular weight excluding hydrogens is 222 g/mol. The second-order valence-corrected chi connectivity index (χ2v) is 4.67. The van der Waals surface area contributed by atoms with E-state index in [1.54, 1.807) is 7.11 Å². The van der Waals surface area contributed by atoms with Crippen molar-refractivity contribution in [3.63, 3.8) is 0 Å². The normalized spacial score (nSPS) is 23.2. The number of methoxy groups -OCH3 is 1. The molecule has 1 N–H and O–H groups in total. The summed E-state index contributed by atoms with van der Waals surface area (Å²) in [7, 11) is 1.71. The molecule has 16 heavy (non-hydrogen) atoms. The number of rotatable bonds is 5. The van der Waals surface area contributed by atoms with Gasteiger partial charge in [-0.15, -0.1) is 0 Å². The van der Waals surface area contributed by atoms with Crippen LogP contribution in [-0.2, 0) is 0 Å². The predicted molar refractivity (Wildman–Crippen MR) is 67.4 cm³/mol. The van der Waals surface area contributed by atoms with Gasteiger partial charge in [-0.1, -0.05) is 24.6 Å². The van der Waals surface area contributed by atoms with E-state index in [0.29, 0.717) is 11.8 Å². The molecule has 2 atom stereocenters. The molecule has 1 aliphatic rings. The third-order valence-electron chi connectivity index (χ3n) is 3.18. The van der Waals surface area contributed by atoms with Crippen LogP contribution >= 0.6 is 11.6 Å². The third-order valence-corrected chi connectivity index (χ3v) is 3.51. The Morgan fingerprint density at radius 1 is 1.50 bits per heavy atom. The van der Waals surface area contributed by atoms with Gasteiger partial charge in [0, 0.05) is 10.6 Å². The molecule has 2 rings (SSSR count). The Balaban J connectivity index is 2.10. The van der Waals surface area contributed by atoms with Crippen molar-refractivity contribution in [2.24, 2.45) is 5.92 Å². The van der Waals surface area contributed by atoms with Crippen LogP contribution < -0.4 is 10.1 Å². The second kappa shape index (κ2) is 5.07. The van der Waals surface area contributed by atoms with Crippen LogP contribution in [0.3, 0.4) is 0 Å². The first-order valence-electron chi connectivity index (χ1n) is 5.81. The number of ether oxygens (including phenoxy) is 1. The smallest absolute Gasteiger partial charge is 0.123 e. The minimum atomic E-state index is 0.572. The molecule has 0 bridgehead atoms. The van der Waals surface area contributed by atoms with Crippen LogP contribution in [0.4, 0.5) is 0 Å². The van der Waals surface area contributed by atoms with Gasteiger partial charge in [0.05, 0.1) is 7.11 Å². The molecule has 1 fully saturated rings. The third kappa shape index (κ3) is 2.33. The van der Waals surface area contributed by atoms with E-state index in [-0.39, 0.29) is 0 Å². The summed E-state index contributed by atoms with van der Waals surface area (Å²) in [6.45, 7) is 4.24. The molecule has 2 nitrogen and oxygen atoms in total. The molecule has 1 saturated carbocycles. The maximum absolute atomic E-state index is 6.24. The molecule has 0 heterocycles. The summed E-state index contributed by atoms with van der Waals surface area (Å²) in [5, 5.41) is 4.22. The van der Waals surface area contributed by atoms with E-state index < -0.39 is 0 Å². The van der Waals surface area contributed by atoms with Crippen LogP contribution in [0.1, 0.15) is 24.8 Å². The lowest BCUT2D eigenvalue weighted by Crippen LogP contribution is -2.16. The Kier molecular flexibility index (Phi) is 3.72. The fourth-order valence-electron chi connectivity index (χ4n) is 2.21. The highest BCUT2D eigenvalue weighted by atomic mass is 35.5. The van der Waals surface area contributed by atoms with E-state index in [9.17, 15) is 0 Å². The van der Waals surface area contributed by atoms with Crippen molar-refractivity contribution in [1.82, 2.24) is 5.32 Å². The van der Waals surface area contributed by atoms with Crippen molar-refractivity contribution in [1.29, 1.82) is 0 Å². The van der Waals surface area contributed by atoms with Crippen molar-refractivity contribution in [3.8, 4) is 5.75 Å². The summed E-state index contributed by atoms with van der Waals surface area (Å²) >= 11 is 6.24. The molecule has 0 aliphatic heterocycles. The van der Waals surface area contributed by atoms with Crippen LogP contribution in [0.5, 0.6) is 5.75 Å². The molecule has 0 amide bonds. The summed E-state index contributed by atoms with van der Waals surface area (Å²) in [5.74, 6) is 2.22. The fourth-order valence-corrected chi connectivity index (χ4v) is 2.52. The first kappa shape index (κ1) is 11.7. The van der Waals surface area contributed by atoms with Crippen molar-refractivity contribution in [3.05, 3.63) is 28.8 Å². The van der Waals surface area contributed by atoms with Gasteiger partial charge in [0.1, 0.15) is 5.75 Å². The van der Waals surface area contributed by atoms with Gasteiger partial charge in [0.2, 0.25) is 0 Å². The number of nitrogens with one attached hydrogen (secondary N) is 1. The van der Waals surface area contributed by atoms with Crippen molar-refractivity contribution < 1.29 is 4.74 Å². The van der Waals surface area contributed by atoms with Gasteiger partial charge in [-0.25, -0.2) is 0 Å². The molecule has 0 radical (unpaired) electrons. The van der Waals surface area contributed by atoms with E-state index >= 15 is 0 Å². The molecule has 0 spiro atoms. The number of hydrogen-bond acceptors (Lipinski definition) is 2. The van der Waals surface area contributed by atoms with Gasteiger partial charge in [0.25, 0.3) is 0 Å². The molecular formula is C13H18ClNO. The zero-order valence-corrected chi connectivity index (χ0v) is 10.6. The maximum atomic E-state index is 6.24. The lowest BCUT2D eigenvalue weighted by Gasteiger charge is -2.10. The topological polar surface area (TPSA) is 21.3 Å². The molecule has 2 unspecified atom stereocenters. The van der Waals surface area contributed by atoms with Gasteiger partial charge in [-0.3, -0.25) is 0 Å². The quantitative estimate of drug-likeness (QED) is 0.853. The van der Waals surface area contributed by atoms with Crippen LogP contribution in [0.2, 0.25) is 5.02 Å². The van der Waals surface area contributed by atoms with Gasteiger partial charge in [0.15, 0.2) is 0 Å². The Bertz CT molecular complexity index is 367. The van der Waals surface area contributed by atoms with E-state index in [2.05, 4.69) is 12.2 Å². The number of benzene rings is 1. The highest BCUT2D eigenvalue weighted by Gasteiger charge is 2.40. The Labute approximate surface area is 102 Å². The van der Waals surface area contributed by atoms with Crippen LogP contribution in [-0.4, -0.2) is 20.2 Å². The molecule has 0 aromatic heterocycles. The van der Waals surface area contributed by atoms with Gasteiger partial charge < -0.3 is 10.1 Å². The summed E-state index contributed by atoms with van der Waals surface area (Å²) in [6, 6.07) is 5.87. The Hall–Kier alpha value is -0.730. The van der Waals surface area contributed by atoms with Gasteiger partial charge in [-0.05, 0) is 43.5 Å². The average Bonchev–Trinajstić information content (AvgIpc) is 3.05.